The van der Waals surface area contributed by atoms with E-state index in [1.54, 1.807) is 30.7 Å². The van der Waals surface area contributed by atoms with Crippen molar-refractivity contribution < 1.29 is 4.79 Å². The molecular formula is C19H26N4OS. The molecule has 1 atom stereocenters. The van der Waals surface area contributed by atoms with Crippen LogP contribution < -0.4 is 0 Å². The number of amides is 1. The van der Waals surface area contributed by atoms with Crippen LogP contribution in [0.3, 0.4) is 0 Å². The average Bonchev–Trinajstić information content (AvgIpc) is 3.03. The van der Waals surface area contributed by atoms with Crippen molar-refractivity contribution in [3.8, 4) is 10.6 Å². The summed E-state index contributed by atoms with van der Waals surface area (Å²) < 4.78 is 0. The molecule has 3 rings (SSSR count). The van der Waals surface area contributed by atoms with Gasteiger partial charge in [0.1, 0.15) is 5.69 Å². The lowest BCUT2D eigenvalue weighted by Crippen LogP contribution is -2.39. The van der Waals surface area contributed by atoms with Gasteiger partial charge in [-0.15, -0.1) is 11.3 Å². The summed E-state index contributed by atoms with van der Waals surface area (Å²) in [7, 11) is 0. The topological polar surface area (TPSA) is 59.0 Å². The molecular weight excluding hydrogens is 332 g/mol. The normalized spacial score (nSPS) is 17.9. The van der Waals surface area contributed by atoms with Crippen molar-refractivity contribution in [1.82, 2.24) is 19.9 Å². The Morgan fingerprint density at radius 2 is 2.12 bits per heavy atom. The number of thiazole rings is 1. The Morgan fingerprint density at radius 3 is 2.88 bits per heavy atom. The van der Waals surface area contributed by atoms with Crippen LogP contribution in [0.4, 0.5) is 0 Å². The average molecular weight is 359 g/mol. The van der Waals surface area contributed by atoms with Gasteiger partial charge in [0.05, 0.1) is 15.6 Å². The third-order valence-electron chi connectivity index (χ3n) is 4.59. The molecule has 0 N–H and O–H groups in total. The summed E-state index contributed by atoms with van der Waals surface area (Å²) in [5, 5.41) is 1.15. The highest BCUT2D eigenvalue weighted by atomic mass is 32.1. The number of likely N-dealkylation sites (tertiary alicyclic amines) is 1. The first-order valence-corrected chi connectivity index (χ1v) is 9.85. The molecule has 0 saturated carbocycles. The Kier molecular flexibility index (Phi) is 5.78. The molecule has 1 aliphatic rings. The fraction of sp³-hybridized carbons (Fsp3) is 0.579. The van der Waals surface area contributed by atoms with E-state index in [1.807, 2.05) is 11.1 Å². The maximum Gasteiger partial charge on any atom is 0.219 e. The van der Waals surface area contributed by atoms with Crippen LogP contribution in [0.1, 0.15) is 44.3 Å². The van der Waals surface area contributed by atoms with Crippen LogP contribution in [0, 0.1) is 11.8 Å². The lowest BCUT2D eigenvalue weighted by molar-refractivity contribution is -0.130. The zero-order valence-electron chi connectivity index (χ0n) is 15.2. The standard InChI is InChI=1S/C19H26N4OS/c1-13(2)9-18-22-11-17(25-18)19-16(20-6-7-21-19)10-15-5-4-8-23(12-15)14(3)24/h6-7,11,13,15H,4-5,8-10,12H2,1-3H3. The van der Waals surface area contributed by atoms with Crippen molar-refractivity contribution >= 4 is 17.2 Å². The second-order valence-electron chi connectivity index (χ2n) is 7.25. The lowest BCUT2D eigenvalue weighted by atomic mass is 9.92. The monoisotopic (exact) mass is 358 g/mol. The fourth-order valence-corrected chi connectivity index (χ4v) is 4.53. The fourth-order valence-electron chi connectivity index (χ4n) is 3.38. The van der Waals surface area contributed by atoms with Gasteiger partial charge in [-0.2, -0.15) is 0 Å². The highest BCUT2D eigenvalue weighted by Gasteiger charge is 2.24. The quantitative estimate of drug-likeness (QED) is 0.819. The predicted molar refractivity (Wildman–Crippen MR) is 100 cm³/mol. The number of nitrogens with zero attached hydrogens (tertiary/aromatic N) is 4. The number of aromatic nitrogens is 3. The van der Waals surface area contributed by atoms with Gasteiger partial charge in [0, 0.05) is 45.0 Å². The largest absolute Gasteiger partial charge is 0.343 e. The molecule has 0 bridgehead atoms. The van der Waals surface area contributed by atoms with Gasteiger partial charge in [-0.1, -0.05) is 13.8 Å². The molecule has 1 aliphatic heterocycles. The Hall–Kier alpha value is -1.82. The first-order valence-electron chi connectivity index (χ1n) is 9.03. The van der Waals surface area contributed by atoms with E-state index in [4.69, 9.17) is 0 Å². The van der Waals surface area contributed by atoms with Crippen LogP contribution >= 0.6 is 11.3 Å². The summed E-state index contributed by atoms with van der Waals surface area (Å²) in [6, 6.07) is 0. The number of piperidine rings is 1. The molecule has 1 fully saturated rings. The van der Waals surface area contributed by atoms with Crippen molar-refractivity contribution in [3.05, 3.63) is 29.3 Å². The Balaban J connectivity index is 1.77. The maximum absolute atomic E-state index is 11.7. The van der Waals surface area contributed by atoms with Gasteiger partial charge in [-0.25, -0.2) is 4.98 Å². The van der Waals surface area contributed by atoms with Gasteiger partial charge >= 0.3 is 0 Å². The Bertz CT molecular complexity index is 728. The third kappa shape index (κ3) is 4.63. The SMILES string of the molecule is CC(=O)N1CCCC(Cc2nccnc2-c2cnc(CC(C)C)s2)C1. The minimum Gasteiger partial charge on any atom is -0.343 e. The van der Waals surface area contributed by atoms with Crippen LogP contribution in [0.2, 0.25) is 0 Å². The molecule has 5 nitrogen and oxygen atoms in total. The van der Waals surface area contributed by atoms with E-state index in [-0.39, 0.29) is 5.91 Å². The van der Waals surface area contributed by atoms with Crippen molar-refractivity contribution in [2.45, 2.75) is 46.5 Å². The highest BCUT2D eigenvalue weighted by Crippen LogP contribution is 2.30. The van der Waals surface area contributed by atoms with Crippen LogP contribution in [0.25, 0.3) is 10.6 Å². The minimum absolute atomic E-state index is 0.171. The molecule has 0 aliphatic carbocycles. The first-order chi connectivity index (χ1) is 12.0. The van der Waals surface area contributed by atoms with Crippen LogP contribution in [0.5, 0.6) is 0 Å². The predicted octanol–water partition coefficient (Wildman–Crippen LogP) is 3.60. The molecule has 3 heterocycles. The molecule has 1 saturated heterocycles. The van der Waals surface area contributed by atoms with Crippen LogP contribution in [-0.2, 0) is 17.6 Å². The summed E-state index contributed by atoms with van der Waals surface area (Å²) >= 11 is 1.72. The first kappa shape index (κ1) is 18.0. The third-order valence-corrected chi connectivity index (χ3v) is 5.62. The summed E-state index contributed by atoms with van der Waals surface area (Å²) in [4.78, 5) is 28.5. The number of carbonyl (C=O) groups is 1. The van der Waals surface area contributed by atoms with Crippen molar-refractivity contribution in [2.75, 3.05) is 13.1 Å². The molecule has 6 heteroatoms. The van der Waals surface area contributed by atoms with Crippen LogP contribution in [-0.4, -0.2) is 38.8 Å². The smallest absolute Gasteiger partial charge is 0.219 e. The van der Waals surface area contributed by atoms with E-state index in [9.17, 15) is 4.79 Å². The number of rotatable bonds is 5. The maximum atomic E-state index is 11.7. The molecule has 0 radical (unpaired) electrons. The van der Waals surface area contributed by atoms with Crippen LogP contribution in [0.15, 0.2) is 18.6 Å². The van der Waals surface area contributed by atoms with E-state index < -0.39 is 0 Å². The van der Waals surface area contributed by atoms with Gasteiger partial charge < -0.3 is 4.90 Å². The second-order valence-corrected chi connectivity index (χ2v) is 8.36. The van der Waals surface area contributed by atoms with Gasteiger partial charge in [-0.3, -0.25) is 14.8 Å². The van der Waals surface area contributed by atoms with Gasteiger partial charge in [0.15, 0.2) is 0 Å². The van der Waals surface area contributed by atoms with E-state index in [0.717, 1.165) is 60.0 Å². The van der Waals surface area contributed by atoms with Crippen molar-refractivity contribution in [1.29, 1.82) is 0 Å². The molecule has 1 amide bonds. The van der Waals surface area contributed by atoms with E-state index in [0.29, 0.717) is 11.8 Å². The van der Waals surface area contributed by atoms with Crippen molar-refractivity contribution in [3.63, 3.8) is 0 Å². The lowest BCUT2D eigenvalue weighted by Gasteiger charge is -2.32. The van der Waals surface area contributed by atoms with Crippen molar-refractivity contribution in [2.24, 2.45) is 11.8 Å². The molecule has 0 aromatic carbocycles. The minimum atomic E-state index is 0.171. The number of hydrogen-bond acceptors (Lipinski definition) is 5. The van der Waals surface area contributed by atoms with Gasteiger partial charge in [0.2, 0.25) is 5.91 Å². The molecule has 2 aromatic rings. The highest BCUT2D eigenvalue weighted by molar-refractivity contribution is 7.15. The Morgan fingerprint density at radius 1 is 1.32 bits per heavy atom. The van der Waals surface area contributed by atoms with Gasteiger partial charge in [-0.05, 0) is 31.1 Å². The zero-order chi connectivity index (χ0) is 17.8. The Labute approximate surface area is 153 Å². The second kappa shape index (κ2) is 8.04. The molecule has 2 aromatic heterocycles. The number of carbonyl (C=O) groups excluding carboxylic acids is 1. The van der Waals surface area contributed by atoms with E-state index in [2.05, 4.69) is 28.8 Å². The van der Waals surface area contributed by atoms with E-state index in [1.165, 1.54) is 0 Å². The summed E-state index contributed by atoms with van der Waals surface area (Å²) in [5.41, 5.74) is 1.98. The molecule has 134 valence electrons. The van der Waals surface area contributed by atoms with E-state index >= 15 is 0 Å². The number of hydrogen-bond donors (Lipinski definition) is 0. The summed E-state index contributed by atoms with van der Waals surface area (Å²) in [5.74, 6) is 1.22. The summed E-state index contributed by atoms with van der Waals surface area (Å²) in [6.45, 7) is 7.78. The molecule has 25 heavy (non-hydrogen) atoms. The zero-order valence-corrected chi connectivity index (χ0v) is 16.1. The molecule has 1 unspecified atom stereocenters. The summed E-state index contributed by atoms with van der Waals surface area (Å²) in [6.07, 6.45) is 9.52. The molecule has 0 spiro atoms. The van der Waals surface area contributed by atoms with Gasteiger partial charge in [0.25, 0.3) is 0 Å².